The van der Waals surface area contributed by atoms with Gasteiger partial charge in [0.25, 0.3) is 11.6 Å². The summed E-state index contributed by atoms with van der Waals surface area (Å²) in [5, 5.41) is 12.4. The minimum atomic E-state index is -0.469. The highest BCUT2D eigenvalue weighted by Gasteiger charge is 2.34. The number of non-ortho nitro benzene ring substituents is 1. The number of carbonyl (C=O) groups is 1. The maximum Gasteiger partial charge on any atom is 0.270 e. The van der Waals surface area contributed by atoms with Crippen LogP contribution in [0.25, 0.3) is 6.08 Å². The second kappa shape index (κ2) is 9.64. The lowest BCUT2D eigenvalue weighted by atomic mass is 10.2. The van der Waals surface area contributed by atoms with Crippen LogP contribution in [-0.4, -0.2) is 15.2 Å². The van der Waals surface area contributed by atoms with Gasteiger partial charge in [0, 0.05) is 26.9 Å². The largest absolute Gasteiger partial charge is 0.270 e. The van der Waals surface area contributed by atoms with Gasteiger partial charge in [0.05, 0.1) is 20.5 Å². The third-order valence-electron chi connectivity index (χ3n) is 4.42. The Labute approximate surface area is 207 Å². The first-order valence-electron chi connectivity index (χ1n) is 9.08. The molecule has 0 aliphatic carbocycles. The van der Waals surface area contributed by atoms with Crippen molar-refractivity contribution in [3.63, 3.8) is 0 Å². The molecular weight excluding hydrogens is 507 g/mol. The van der Waals surface area contributed by atoms with E-state index in [1.54, 1.807) is 48.5 Å². The van der Waals surface area contributed by atoms with Gasteiger partial charge in [-0.05, 0) is 54.1 Å². The van der Waals surface area contributed by atoms with Crippen LogP contribution in [0.5, 0.6) is 0 Å². The zero-order valence-corrected chi connectivity index (χ0v) is 20.0. The quantitative estimate of drug-likeness (QED) is 0.151. The molecule has 0 atom stereocenters. The molecule has 160 valence electrons. The Kier molecular flexibility index (Phi) is 6.88. The summed E-state index contributed by atoms with van der Waals surface area (Å²) < 4.78 is 0.340. The number of benzene rings is 3. The summed E-state index contributed by atoms with van der Waals surface area (Å²) in [6, 6.07) is 18.7. The first-order chi connectivity index (χ1) is 15.3. The molecule has 5 nitrogen and oxygen atoms in total. The van der Waals surface area contributed by atoms with Gasteiger partial charge in [-0.3, -0.25) is 19.8 Å². The Morgan fingerprint density at radius 3 is 2.47 bits per heavy atom. The number of carbonyl (C=O) groups excluding carboxylic acids is 1. The molecule has 1 saturated heterocycles. The topological polar surface area (TPSA) is 63.4 Å². The average Bonchev–Trinajstić information content (AvgIpc) is 3.04. The fourth-order valence-electron chi connectivity index (χ4n) is 2.93. The Morgan fingerprint density at radius 1 is 1.06 bits per heavy atom. The van der Waals surface area contributed by atoms with E-state index >= 15 is 0 Å². The fourth-order valence-corrected chi connectivity index (χ4v) is 5.45. The van der Waals surface area contributed by atoms with E-state index in [9.17, 15) is 14.9 Å². The van der Waals surface area contributed by atoms with Crippen molar-refractivity contribution in [2.24, 2.45) is 0 Å². The lowest BCUT2D eigenvalue weighted by molar-refractivity contribution is -0.384. The third-order valence-corrected chi connectivity index (χ3v) is 7.39. The maximum absolute atomic E-state index is 13.1. The minimum absolute atomic E-state index is 0.0710. The first kappa shape index (κ1) is 22.8. The van der Waals surface area contributed by atoms with Gasteiger partial charge >= 0.3 is 0 Å². The Hall–Kier alpha value is -2.36. The van der Waals surface area contributed by atoms with Gasteiger partial charge in [0.1, 0.15) is 0 Å². The van der Waals surface area contributed by atoms with Gasteiger partial charge in [0.2, 0.25) is 0 Å². The SMILES string of the molecule is O=C1C(=Cc2cc([N+](=O)[O-])ccc2Sc2ccc(Cl)cc2)SC(=S)N1c1ccccc1Cl. The molecule has 0 radical (unpaired) electrons. The van der Waals surface area contributed by atoms with Gasteiger partial charge in [0.15, 0.2) is 4.32 Å². The summed E-state index contributed by atoms with van der Waals surface area (Å²) >= 11 is 20.2. The van der Waals surface area contributed by atoms with E-state index in [1.807, 2.05) is 12.1 Å². The van der Waals surface area contributed by atoms with E-state index in [1.165, 1.54) is 28.8 Å². The van der Waals surface area contributed by atoms with Crippen LogP contribution < -0.4 is 4.90 Å². The summed E-state index contributed by atoms with van der Waals surface area (Å²) in [7, 11) is 0. The van der Waals surface area contributed by atoms with Crippen LogP contribution in [0.15, 0.2) is 81.4 Å². The third kappa shape index (κ3) is 4.84. The summed E-state index contributed by atoms with van der Waals surface area (Å²) in [6.07, 6.45) is 1.63. The van der Waals surface area contributed by atoms with Gasteiger partial charge in [-0.25, -0.2) is 0 Å². The highest BCUT2D eigenvalue weighted by molar-refractivity contribution is 8.27. The van der Waals surface area contributed by atoms with Crippen LogP contribution in [0, 0.1) is 10.1 Å². The Balaban J connectivity index is 1.73. The number of nitro benzene ring substituents is 1. The predicted octanol–water partition coefficient (Wildman–Crippen LogP) is 7.46. The number of thioether (sulfide) groups is 1. The second-order valence-corrected chi connectivity index (χ2v) is 10.1. The van der Waals surface area contributed by atoms with Crippen molar-refractivity contribution in [2.75, 3.05) is 4.90 Å². The zero-order valence-electron chi connectivity index (χ0n) is 16.0. The van der Waals surface area contributed by atoms with E-state index in [0.29, 0.717) is 30.5 Å². The highest BCUT2D eigenvalue weighted by atomic mass is 35.5. The molecule has 0 aromatic heterocycles. The van der Waals surface area contributed by atoms with Crippen LogP contribution in [0.2, 0.25) is 10.0 Å². The van der Waals surface area contributed by atoms with Gasteiger partial charge in [-0.2, -0.15) is 0 Å². The van der Waals surface area contributed by atoms with Crippen molar-refractivity contribution < 1.29 is 9.72 Å². The van der Waals surface area contributed by atoms with Crippen molar-refractivity contribution in [3.05, 3.63) is 97.4 Å². The highest BCUT2D eigenvalue weighted by Crippen LogP contribution is 2.41. The molecule has 1 aliphatic rings. The fraction of sp³-hybridized carbons (Fsp3) is 0. The molecule has 0 spiro atoms. The van der Waals surface area contributed by atoms with Crippen molar-refractivity contribution in [1.29, 1.82) is 0 Å². The van der Waals surface area contributed by atoms with E-state index in [4.69, 9.17) is 35.4 Å². The molecule has 10 heteroatoms. The molecule has 32 heavy (non-hydrogen) atoms. The number of amides is 1. The van der Waals surface area contributed by atoms with Crippen molar-refractivity contribution in [1.82, 2.24) is 0 Å². The molecule has 0 unspecified atom stereocenters. The molecule has 4 rings (SSSR count). The number of hydrogen-bond donors (Lipinski definition) is 0. The monoisotopic (exact) mass is 518 g/mol. The number of nitrogens with zero attached hydrogens (tertiary/aromatic N) is 2. The average molecular weight is 519 g/mol. The van der Waals surface area contributed by atoms with Crippen LogP contribution in [0.4, 0.5) is 11.4 Å². The molecule has 0 saturated carbocycles. The minimum Gasteiger partial charge on any atom is -0.268 e. The molecule has 1 heterocycles. The number of hydrogen-bond acceptors (Lipinski definition) is 6. The molecule has 1 fully saturated rings. The summed E-state index contributed by atoms with van der Waals surface area (Å²) in [5.41, 5.74) is 0.965. The van der Waals surface area contributed by atoms with Gasteiger partial charge in [-0.1, -0.05) is 71.1 Å². The van der Waals surface area contributed by atoms with Crippen LogP contribution in [0.1, 0.15) is 5.56 Å². The number of thiocarbonyl (C=S) groups is 1. The Morgan fingerprint density at radius 2 is 1.78 bits per heavy atom. The molecule has 1 amide bonds. The molecule has 0 N–H and O–H groups in total. The summed E-state index contributed by atoms with van der Waals surface area (Å²) in [6.45, 7) is 0. The van der Waals surface area contributed by atoms with Gasteiger partial charge < -0.3 is 0 Å². The van der Waals surface area contributed by atoms with E-state index in [-0.39, 0.29) is 11.6 Å². The van der Waals surface area contributed by atoms with E-state index < -0.39 is 4.92 Å². The lowest BCUT2D eigenvalue weighted by Crippen LogP contribution is -2.27. The summed E-state index contributed by atoms with van der Waals surface area (Å²) in [4.78, 5) is 27.4. The number of anilines is 1. The van der Waals surface area contributed by atoms with Crippen LogP contribution in [-0.2, 0) is 4.79 Å². The number of nitro groups is 1. The molecule has 3 aromatic carbocycles. The number of rotatable bonds is 5. The predicted molar refractivity (Wildman–Crippen MR) is 136 cm³/mol. The second-order valence-electron chi connectivity index (χ2n) is 6.50. The maximum atomic E-state index is 13.1. The lowest BCUT2D eigenvalue weighted by Gasteiger charge is -2.15. The first-order valence-corrected chi connectivity index (χ1v) is 11.9. The number of para-hydroxylation sites is 1. The molecule has 0 bridgehead atoms. The Bertz CT molecular complexity index is 1280. The number of halogens is 2. The smallest absolute Gasteiger partial charge is 0.268 e. The van der Waals surface area contributed by atoms with Crippen molar-refractivity contribution in [2.45, 2.75) is 9.79 Å². The van der Waals surface area contributed by atoms with E-state index in [0.717, 1.165) is 21.6 Å². The van der Waals surface area contributed by atoms with E-state index in [2.05, 4.69) is 0 Å². The van der Waals surface area contributed by atoms with Crippen molar-refractivity contribution in [3.8, 4) is 0 Å². The molecule has 1 aliphatic heterocycles. The van der Waals surface area contributed by atoms with Crippen molar-refractivity contribution >= 4 is 86.6 Å². The molecule has 3 aromatic rings. The molecular formula is C22H12Cl2N2O3S3. The zero-order chi connectivity index (χ0) is 22.8. The van der Waals surface area contributed by atoms with Crippen LogP contribution in [0.3, 0.4) is 0 Å². The summed E-state index contributed by atoms with van der Waals surface area (Å²) in [5.74, 6) is -0.331. The normalized spacial score (nSPS) is 14.9. The van der Waals surface area contributed by atoms with Crippen LogP contribution >= 0.6 is 58.9 Å². The van der Waals surface area contributed by atoms with Gasteiger partial charge in [-0.15, -0.1) is 0 Å². The standard InChI is InChI=1S/C22H12Cl2N2O3S3/c23-14-5-8-16(9-6-14)31-19-10-7-15(26(28)29)11-13(19)12-20-21(27)25(22(30)32-20)18-4-2-1-3-17(18)24/h1-12H.